The highest BCUT2D eigenvalue weighted by Crippen LogP contribution is 2.28. The number of nitriles is 1. The van der Waals surface area contributed by atoms with Crippen LogP contribution in [-0.4, -0.2) is 31.1 Å². The van der Waals surface area contributed by atoms with Gasteiger partial charge in [0.1, 0.15) is 0 Å². The molecule has 0 aliphatic heterocycles. The van der Waals surface area contributed by atoms with E-state index in [1.54, 1.807) is 36.3 Å². The topological polar surface area (TPSA) is 62.6 Å². The summed E-state index contributed by atoms with van der Waals surface area (Å²) in [6.45, 7) is 5.47. The average Bonchev–Trinajstić information content (AvgIpc) is 2.66. The molecule has 0 bridgehead atoms. The largest absolute Gasteiger partial charge is 0.493 e. The summed E-state index contributed by atoms with van der Waals surface area (Å²) >= 11 is 0. The zero-order valence-corrected chi connectivity index (χ0v) is 14.8. The molecule has 0 aromatic heterocycles. The first-order valence-corrected chi connectivity index (χ1v) is 8.22. The summed E-state index contributed by atoms with van der Waals surface area (Å²) in [4.78, 5) is 14.4. The highest BCUT2D eigenvalue weighted by molar-refractivity contribution is 5.94. The van der Waals surface area contributed by atoms with Gasteiger partial charge in [-0.1, -0.05) is 6.07 Å². The van der Waals surface area contributed by atoms with Crippen LogP contribution in [0.25, 0.3) is 0 Å². The van der Waals surface area contributed by atoms with E-state index in [-0.39, 0.29) is 5.91 Å². The van der Waals surface area contributed by atoms with E-state index in [2.05, 4.69) is 6.07 Å². The number of carbonyl (C=O) groups excluding carboxylic acids is 1. The van der Waals surface area contributed by atoms with E-state index >= 15 is 0 Å². The highest BCUT2D eigenvalue weighted by Gasteiger charge is 2.15. The molecule has 0 N–H and O–H groups in total. The quantitative estimate of drug-likeness (QED) is 0.773. The van der Waals surface area contributed by atoms with Gasteiger partial charge in [-0.05, 0) is 55.8 Å². The lowest BCUT2D eigenvalue weighted by Crippen LogP contribution is -2.30. The van der Waals surface area contributed by atoms with Crippen molar-refractivity contribution < 1.29 is 14.3 Å². The molecule has 0 aliphatic rings. The maximum atomic E-state index is 12.7. The van der Waals surface area contributed by atoms with Crippen LogP contribution in [0.1, 0.15) is 35.3 Å². The monoisotopic (exact) mass is 338 g/mol. The van der Waals surface area contributed by atoms with Gasteiger partial charge in [0, 0.05) is 18.7 Å². The number of benzene rings is 2. The van der Waals surface area contributed by atoms with Gasteiger partial charge < -0.3 is 14.4 Å². The van der Waals surface area contributed by atoms with Crippen molar-refractivity contribution in [3.63, 3.8) is 0 Å². The van der Waals surface area contributed by atoms with E-state index in [1.165, 1.54) is 0 Å². The molecule has 0 radical (unpaired) electrons. The number of amides is 1. The Balaban J connectivity index is 2.18. The van der Waals surface area contributed by atoms with E-state index in [0.717, 1.165) is 5.56 Å². The molecule has 2 aromatic rings. The van der Waals surface area contributed by atoms with Gasteiger partial charge >= 0.3 is 0 Å². The lowest BCUT2D eigenvalue weighted by molar-refractivity contribution is 0.0752. The summed E-state index contributed by atoms with van der Waals surface area (Å²) in [6.07, 6.45) is 0. The number of ether oxygens (including phenoxy) is 2. The van der Waals surface area contributed by atoms with Crippen molar-refractivity contribution in [2.75, 3.05) is 20.3 Å². The van der Waals surface area contributed by atoms with Gasteiger partial charge in [-0.25, -0.2) is 0 Å². The van der Waals surface area contributed by atoms with Crippen LogP contribution < -0.4 is 9.47 Å². The molecule has 0 heterocycles. The smallest absolute Gasteiger partial charge is 0.254 e. The SMILES string of the molecule is CCOc1ccc(CN(CC)C(=O)c2ccc(C#N)cc2)cc1OC. The van der Waals surface area contributed by atoms with Crippen molar-refractivity contribution >= 4 is 5.91 Å². The lowest BCUT2D eigenvalue weighted by atomic mass is 10.1. The minimum atomic E-state index is -0.0696. The van der Waals surface area contributed by atoms with E-state index < -0.39 is 0 Å². The van der Waals surface area contributed by atoms with Crippen LogP contribution in [-0.2, 0) is 6.54 Å². The number of nitrogens with zero attached hydrogens (tertiary/aromatic N) is 2. The zero-order valence-electron chi connectivity index (χ0n) is 14.8. The lowest BCUT2D eigenvalue weighted by Gasteiger charge is -2.22. The minimum Gasteiger partial charge on any atom is -0.493 e. The molecule has 0 atom stereocenters. The fraction of sp³-hybridized carbons (Fsp3) is 0.300. The Hall–Kier alpha value is -3.00. The van der Waals surface area contributed by atoms with E-state index in [9.17, 15) is 4.79 Å². The maximum absolute atomic E-state index is 12.7. The van der Waals surface area contributed by atoms with Crippen molar-refractivity contribution in [2.45, 2.75) is 20.4 Å². The molecule has 130 valence electrons. The molecule has 0 fully saturated rings. The summed E-state index contributed by atoms with van der Waals surface area (Å²) in [5, 5.41) is 8.86. The van der Waals surface area contributed by atoms with Gasteiger partial charge in [0.2, 0.25) is 0 Å². The van der Waals surface area contributed by atoms with Crippen LogP contribution in [0.5, 0.6) is 11.5 Å². The van der Waals surface area contributed by atoms with Crippen LogP contribution in [0.2, 0.25) is 0 Å². The van der Waals surface area contributed by atoms with E-state index in [0.29, 0.717) is 42.3 Å². The number of rotatable bonds is 7. The molecule has 5 nitrogen and oxygen atoms in total. The molecule has 0 saturated heterocycles. The van der Waals surface area contributed by atoms with Gasteiger partial charge in [0.25, 0.3) is 5.91 Å². The first-order valence-electron chi connectivity index (χ1n) is 8.22. The molecule has 2 aromatic carbocycles. The fourth-order valence-electron chi connectivity index (χ4n) is 2.50. The summed E-state index contributed by atoms with van der Waals surface area (Å²) in [6, 6.07) is 14.4. The second kappa shape index (κ2) is 8.74. The van der Waals surface area contributed by atoms with Gasteiger partial charge in [-0.2, -0.15) is 5.26 Å². The third kappa shape index (κ3) is 4.51. The molecular weight excluding hydrogens is 316 g/mol. The van der Waals surface area contributed by atoms with Crippen molar-refractivity contribution in [3.05, 3.63) is 59.2 Å². The highest BCUT2D eigenvalue weighted by atomic mass is 16.5. The maximum Gasteiger partial charge on any atom is 0.254 e. The Morgan fingerprint density at radius 1 is 1.12 bits per heavy atom. The Kier molecular flexibility index (Phi) is 6.41. The van der Waals surface area contributed by atoms with Crippen LogP contribution in [0.15, 0.2) is 42.5 Å². The fourth-order valence-corrected chi connectivity index (χ4v) is 2.50. The second-order valence-corrected chi connectivity index (χ2v) is 5.43. The van der Waals surface area contributed by atoms with Crippen LogP contribution >= 0.6 is 0 Å². The first-order chi connectivity index (χ1) is 12.1. The molecule has 0 saturated carbocycles. The Bertz CT molecular complexity index is 764. The number of hydrogen-bond acceptors (Lipinski definition) is 4. The Morgan fingerprint density at radius 3 is 2.40 bits per heavy atom. The van der Waals surface area contributed by atoms with Gasteiger partial charge in [0.15, 0.2) is 11.5 Å². The predicted octanol–water partition coefficient (Wildman–Crippen LogP) is 3.63. The summed E-state index contributed by atoms with van der Waals surface area (Å²) in [5.41, 5.74) is 2.07. The van der Waals surface area contributed by atoms with Crippen molar-refractivity contribution in [3.8, 4) is 17.6 Å². The first kappa shape index (κ1) is 18.3. The standard InChI is InChI=1S/C20H22N2O3/c1-4-22(20(23)17-9-6-15(13-21)7-10-17)14-16-8-11-18(25-5-2)19(12-16)24-3/h6-12H,4-5,14H2,1-3H3. The molecule has 0 unspecified atom stereocenters. The van der Waals surface area contributed by atoms with Gasteiger partial charge in [0.05, 0.1) is 25.3 Å². The normalized spacial score (nSPS) is 10.0. The van der Waals surface area contributed by atoms with E-state index in [1.807, 2.05) is 32.0 Å². The van der Waals surface area contributed by atoms with Crippen LogP contribution in [0, 0.1) is 11.3 Å². The summed E-state index contributed by atoms with van der Waals surface area (Å²) in [7, 11) is 1.60. The summed E-state index contributed by atoms with van der Waals surface area (Å²) in [5.74, 6) is 1.27. The minimum absolute atomic E-state index is 0.0696. The number of hydrogen-bond donors (Lipinski definition) is 0. The third-order valence-corrected chi connectivity index (χ3v) is 3.83. The Labute approximate surface area is 148 Å². The summed E-state index contributed by atoms with van der Waals surface area (Å²) < 4.78 is 10.9. The second-order valence-electron chi connectivity index (χ2n) is 5.43. The molecule has 0 aliphatic carbocycles. The van der Waals surface area contributed by atoms with Crippen molar-refractivity contribution in [1.82, 2.24) is 4.90 Å². The molecule has 25 heavy (non-hydrogen) atoms. The van der Waals surface area contributed by atoms with Crippen molar-refractivity contribution in [2.24, 2.45) is 0 Å². The van der Waals surface area contributed by atoms with Gasteiger partial charge in [-0.3, -0.25) is 4.79 Å². The van der Waals surface area contributed by atoms with Gasteiger partial charge in [-0.15, -0.1) is 0 Å². The predicted molar refractivity (Wildman–Crippen MR) is 95.7 cm³/mol. The number of carbonyl (C=O) groups is 1. The van der Waals surface area contributed by atoms with Crippen LogP contribution in [0.4, 0.5) is 0 Å². The molecule has 5 heteroatoms. The molecule has 1 amide bonds. The van der Waals surface area contributed by atoms with Crippen molar-refractivity contribution in [1.29, 1.82) is 5.26 Å². The van der Waals surface area contributed by atoms with Crippen LogP contribution in [0.3, 0.4) is 0 Å². The molecule has 0 spiro atoms. The average molecular weight is 338 g/mol. The molecular formula is C20H22N2O3. The third-order valence-electron chi connectivity index (χ3n) is 3.83. The Morgan fingerprint density at radius 2 is 1.84 bits per heavy atom. The van der Waals surface area contributed by atoms with E-state index in [4.69, 9.17) is 14.7 Å². The zero-order chi connectivity index (χ0) is 18.2. The number of methoxy groups -OCH3 is 1. The molecule has 2 rings (SSSR count).